The molecule has 1 fully saturated rings. The summed E-state index contributed by atoms with van der Waals surface area (Å²) in [5.41, 5.74) is 4.43. The zero-order valence-corrected chi connectivity index (χ0v) is 22.2. The first kappa shape index (κ1) is 26.3. The number of rotatable bonds is 9. The lowest BCUT2D eigenvalue weighted by Crippen LogP contribution is -2.69. The molecule has 3 aromatic rings. The number of imide groups is 1. The van der Waals surface area contributed by atoms with Gasteiger partial charge in [-0.1, -0.05) is 44.2 Å². The minimum absolute atomic E-state index is 0.0256. The van der Waals surface area contributed by atoms with E-state index in [2.05, 4.69) is 10.1 Å². The number of benzene rings is 1. The molecule has 0 aliphatic carbocycles. The van der Waals surface area contributed by atoms with Crippen molar-refractivity contribution in [3.63, 3.8) is 0 Å². The lowest BCUT2D eigenvalue weighted by atomic mass is 9.80. The van der Waals surface area contributed by atoms with Gasteiger partial charge < -0.3 is 4.90 Å². The number of likely N-dealkylation sites (N-methyl/N-ethyl adjacent to an activating group) is 1. The van der Waals surface area contributed by atoms with Gasteiger partial charge in [0.1, 0.15) is 6.04 Å². The number of carbonyl (C=O) groups excluding carboxylic acids is 3. The normalized spacial score (nSPS) is 17.9. The highest BCUT2D eigenvalue weighted by Gasteiger charge is 2.55. The lowest BCUT2D eigenvalue weighted by molar-refractivity contribution is -0.170. The summed E-state index contributed by atoms with van der Waals surface area (Å²) >= 11 is 0. The van der Waals surface area contributed by atoms with Crippen LogP contribution in [0.5, 0.6) is 0 Å². The second-order valence-electron chi connectivity index (χ2n) is 9.81. The molecule has 194 valence electrons. The molecule has 0 saturated carbocycles. The van der Waals surface area contributed by atoms with Crippen molar-refractivity contribution in [2.75, 3.05) is 11.9 Å². The molecule has 2 aromatic heterocycles. The van der Waals surface area contributed by atoms with Gasteiger partial charge >= 0.3 is 0 Å². The van der Waals surface area contributed by atoms with Crippen LogP contribution in [0.15, 0.2) is 54.9 Å². The van der Waals surface area contributed by atoms with Crippen LogP contribution < -0.4 is 4.90 Å². The van der Waals surface area contributed by atoms with E-state index in [4.69, 9.17) is 0 Å². The summed E-state index contributed by atoms with van der Waals surface area (Å²) in [6, 6.07) is 12.9. The third kappa shape index (κ3) is 5.48. The van der Waals surface area contributed by atoms with Gasteiger partial charge in [-0.15, -0.1) is 0 Å². The Morgan fingerprint density at radius 1 is 1.14 bits per heavy atom. The molecule has 3 amide bonds. The highest BCUT2D eigenvalue weighted by molar-refractivity contribution is 6.12. The summed E-state index contributed by atoms with van der Waals surface area (Å²) in [5.74, 6) is -1.53. The second kappa shape index (κ2) is 11.1. The van der Waals surface area contributed by atoms with Gasteiger partial charge in [0.15, 0.2) is 0 Å². The standard InChI is InChI=1S/C29H35N5O3/c1-6-21(22-11-9-8-10-12-22)16-26(35)34-27(29(37)33(5)24-17-30-32(4)18-24)25(28(34)36)15-20-13-19(3)31-23(7-2)14-20/h8-14,17-18,21,25,27H,6-7,15-16H2,1-5H3/t21-,25+,27-/m0/s1. The fourth-order valence-corrected chi connectivity index (χ4v) is 5.12. The monoisotopic (exact) mass is 501 g/mol. The average Bonchev–Trinajstić information content (AvgIpc) is 3.34. The number of aromatic nitrogens is 3. The Labute approximate surface area is 218 Å². The van der Waals surface area contributed by atoms with E-state index in [0.717, 1.165) is 35.4 Å². The maximum Gasteiger partial charge on any atom is 0.250 e. The number of amides is 3. The van der Waals surface area contributed by atoms with Gasteiger partial charge in [-0.3, -0.25) is 28.9 Å². The highest BCUT2D eigenvalue weighted by Crippen LogP contribution is 2.35. The SMILES string of the molecule is CCc1cc(C[C@H]2C(=O)N(C(=O)C[C@H](CC)c3ccccc3)[C@@H]2C(=O)N(C)c2cnn(C)c2)cc(C)n1. The molecular weight excluding hydrogens is 466 g/mol. The third-order valence-corrected chi connectivity index (χ3v) is 7.21. The summed E-state index contributed by atoms with van der Waals surface area (Å²) in [7, 11) is 3.44. The molecule has 37 heavy (non-hydrogen) atoms. The summed E-state index contributed by atoms with van der Waals surface area (Å²) in [6.07, 6.45) is 5.43. The predicted octanol–water partition coefficient (Wildman–Crippen LogP) is 3.83. The molecule has 0 spiro atoms. The van der Waals surface area contributed by atoms with Crippen molar-refractivity contribution in [2.24, 2.45) is 13.0 Å². The van der Waals surface area contributed by atoms with E-state index in [1.165, 1.54) is 9.80 Å². The Balaban J connectivity index is 1.61. The third-order valence-electron chi connectivity index (χ3n) is 7.21. The predicted molar refractivity (Wildman–Crippen MR) is 142 cm³/mol. The number of nitrogens with zero attached hydrogens (tertiary/aromatic N) is 5. The summed E-state index contributed by atoms with van der Waals surface area (Å²) in [6.45, 7) is 5.99. The minimum atomic E-state index is -0.864. The van der Waals surface area contributed by atoms with Crippen molar-refractivity contribution in [3.05, 3.63) is 77.4 Å². The van der Waals surface area contributed by atoms with Crippen LogP contribution >= 0.6 is 0 Å². The number of hydrogen-bond acceptors (Lipinski definition) is 5. The van der Waals surface area contributed by atoms with Crippen molar-refractivity contribution in [1.29, 1.82) is 0 Å². The van der Waals surface area contributed by atoms with Crippen LogP contribution in [-0.2, 0) is 34.3 Å². The van der Waals surface area contributed by atoms with Crippen LogP contribution in [-0.4, -0.2) is 50.5 Å². The van der Waals surface area contributed by atoms with Gasteiger partial charge in [-0.2, -0.15) is 5.10 Å². The zero-order valence-electron chi connectivity index (χ0n) is 22.2. The molecule has 0 radical (unpaired) electrons. The van der Waals surface area contributed by atoms with Gasteiger partial charge in [0.2, 0.25) is 11.8 Å². The van der Waals surface area contributed by atoms with Crippen LogP contribution in [0.25, 0.3) is 0 Å². The van der Waals surface area contributed by atoms with Gasteiger partial charge in [0.25, 0.3) is 5.91 Å². The van der Waals surface area contributed by atoms with E-state index in [-0.39, 0.29) is 30.1 Å². The van der Waals surface area contributed by atoms with E-state index in [9.17, 15) is 14.4 Å². The van der Waals surface area contributed by atoms with Crippen molar-refractivity contribution < 1.29 is 14.4 Å². The molecule has 1 saturated heterocycles. The fourth-order valence-electron chi connectivity index (χ4n) is 5.12. The topological polar surface area (TPSA) is 88.4 Å². The quantitative estimate of drug-likeness (QED) is 0.416. The molecule has 0 N–H and O–H groups in total. The molecule has 0 bridgehead atoms. The van der Waals surface area contributed by atoms with Crippen molar-refractivity contribution >= 4 is 23.4 Å². The highest BCUT2D eigenvalue weighted by atomic mass is 16.2. The van der Waals surface area contributed by atoms with Gasteiger partial charge in [-0.25, -0.2) is 0 Å². The van der Waals surface area contributed by atoms with Crippen LogP contribution in [0.2, 0.25) is 0 Å². The van der Waals surface area contributed by atoms with Gasteiger partial charge in [-0.05, 0) is 55.4 Å². The molecule has 8 nitrogen and oxygen atoms in total. The van der Waals surface area contributed by atoms with Crippen LogP contribution in [0, 0.1) is 12.8 Å². The maximum absolute atomic E-state index is 13.7. The Hall–Kier alpha value is -3.81. The van der Waals surface area contributed by atoms with Crippen LogP contribution in [0.3, 0.4) is 0 Å². The Morgan fingerprint density at radius 3 is 2.49 bits per heavy atom. The number of hydrogen-bond donors (Lipinski definition) is 0. The van der Waals surface area contributed by atoms with Crippen molar-refractivity contribution in [2.45, 2.75) is 58.4 Å². The van der Waals surface area contributed by atoms with E-state index in [1.54, 1.807) is 31.2 Å². The minimum Gasteiger partial charge on any atom is -0.311 e. The number of carbonyl (C=O) groups is 3. The first-order valence-corrected chi connectivity index (χ1v) is 12.9. The van der Waals surface area contributed by atoms with E-state index >= 15 is 0 Å². The number of pyridine rings is 1. The molecule has 3 atom stereocenters. The first-order chi connectivity index (χ1) is 17.7. The van der Waals surface area contributed by atoms with Crippen LogP contribution in [0.1, 0.15) is 55.1 Å². The van der Waals surface area contributed by atoms with Crippen LogP contribution in [0.4, 0.5) is 5.69 Å². The summed E-state index contributed by atoms with van der Waals surface area (Å²) in [4.78, 5) is 47.9. The van der Waals surface area contributed by atoms with E-state index in [1.807, 2.05) is 63.2 Å². The summed E-state index contributed by atoms with van der Waals surface area (Å²) in [5, 5.41) is 4.16. The molecular formula is C29H35N5O3. The average molecular weight is 502 g/mol. The van der Waals surface area contributed by atoms with E-state index in [0.29, 0.717) is 12.1 Å². The maximum atomic E-state index is 13.7. The molecule has 1 aromatic carbocycles. The number of likely N-dealkylation sites (tertiary alicyclic amines) is 1. The molecule has 1 aliphatic heterocycles. The Kier molecular flexibility index (Phi) is 7.86. The summed E-state index contributed by atoms with van der Waals surface area (Å²) < 4.78 is 1.61. The largest absolute Gasteiger partial charge is 0.311 e. The molecule has 8 heteroatoms. The molecule has 4 rings (SSSR count). The van der Waals surface area contributed by atoms with Crippen molar-refractivity contribution in [3.8, 4) is 0 Å². The molecule has 3 heterocycles. The Morgan fingerprint density at radius 2 is 1.86 bits per heavy atom. The van der Waals surface area contributed by atoms with Crippen molar-refractivity contribution in [1.82, 2.24) is 19.7 Å². The van der Waals surface area contributed by atoms with Gasteiger partial charge in [0.05, 0.1) is 17.8 Å². The fraction of sp³-hybridized carbons (Fsp3) is 0.414. The van der Waals surface area contributed by atoms with E-state index < -0.39 is 12.0 Å². The lowest BCUT2D eigenvalue weighted by Gasteiger charge is -2.46. The number of aryl methyl sites for hydroxylation is 3. The smallest absolute Gasteiger partial charge is 0.250 e. The zero-order chi connectivity index (χ0) is 26.7. The second-order valence-corrected chi connectivity index (χ2v) is 9.81. The number of anilines is 1. The molecule has 1 aliphatic rings. The number of β-lactam (4-membered cyclic amide) rings is 1. The first-order valence-electron chi connectivity index (χ1n) is 12.9. The Bertz CT molecular complexity index is 1290. The van der Waals surface area contributed by atoms with Gasteiger partial charge in [0, 0.05) is 38.1 Å². The molecule has 0 unspecified atom stereocenters.